The van der Waals surface area contributed by atoms with E-state index < -0.39 is 0 Å². The van der Waals surface area contributed by atoms with Crippen LogP contribution in [0.2, 0.25) is 0 Å². The Labute approximate surface area is 116 Å². The summed E-state index contributed by atoms with van der Waals surface area (Å²) in [5.74, 6) is 0.365. The second-order valence-electron chi connectivity index (χ2n) is 4.39. The molecule has 108 valence electrons. The molecule has 0 aliphatic carbocycles. The molecule has 0 bridgehead atoms. The highest BCUT2D eigenvalue weighted by molar-refractivity contribution is 6.17. The van der Waals surface area contributed by atoms with Crippen molar-refractivity contribution in [2.45, 2.75) is 58.3 Å². The minimum absolute atomic E-state index is 0.113. The maximum atomic E-state index is 11.3. The van der Waals surface area contributed by atoms with Crippen molar-refractivity contribution in [3.05, 3.63) is 0 Å². The zero-order valence-electron chi connectivity index (χ0n) is 11.6. The van der Waals surface area contributed by atoms with Gasteiger partial charge in [-0.3, -0.25) is 4.79 Å². The number of hydrogen-bond acceptors (Lipinski definition) is 3. The van der Waals surface area contributed by atoms with Crippen LogP contribution in [0.15, 0.2) is 0 Å². The van der Waals surface area contributed by atoms with E-state index in [0.717, 1.165) is 12.8 Å². The number of unbranched alkanes of at least 4 members (excludes halogenated alkanes) is 6. The van der Waals surface area contributed by atoms with Gasteiger partial charge in [-0.25, -0.2) is 0 Å². The summed E-state index contributed by atoms with van der Waals surface area (Å²) in [6.07, 6.45) is 9.03. The number of alkyl halides is 1. The molecule has 0 unspecified atom stereocenters. The van der Waals surface area contributed by atoms with E-state index >= 15 is 0 Å². The molecule has 0 saturated heterocycles. The van der Waals surface area contributed by atoms with Crippen LogP contribution in [-0.4, -0.2) is 31.7 Å². The van der Waals surface area contributed by atoms with Crippen LogP contribution in [0, 0.1) is 0 Å². The van der Waals surface area contributed by atoms with Gasteiger partial charge in [-0.1, -0.05) is 45.4 Å². The average molecular weight is 279 g/mol. The average Bonchev–Trinajstić information content (AvgIpc) is 2.37. The summed E-state index contributed by atoms with van der Waals surface area (Å²) in [5, 5.41) is 0. The Morgan fingerprint density at radius 2 is 1.61 bits per heavy atom. The van der Waals surface area contributed by atoms with Crippen LogP contribution in [0.3, 0.4) is 0 Å². The fourth-order valence-corrected chi connectivity index (χ4v) is 1.78. The molecule has 0 amide bonds. The van der Waals surface area contributed by atoms with Gasteiger partial charge in [0.05, 0.1) is 13.2 Å². The first-order chi connectivity index (χ1) is 8.81. The third-order valence-electron chi connectivity index (χ3n) is 2.70. The normalized spacial score (nSPS) is 10.6. The van der Waals surface area contributed by atoms with Crippen molar-refractivity contribution in [2.75, 3.05) is 25.7 Å². The number of carbonyl (C=O) groups excluding carboxylic acids is 1. The Balaban J connectivity index is 3.12. The van der Waals surface area contributed by atoms with Crippen molar-refractivity contribution in [3.63, 3.8) is 0 Å². The minimum atomic E-state index is -0.113. The molecule has 0 radical (unpaired) electrons. The van der Waals surface area contributed by atoms with Gasteiger partial charge in [0, 0.05) is 12.3 Å². The topological polar surface area (TPSA) is 35.5 Å². The van der Waals surface area contributed by atoms with Crippen LogP contribution in [0.1, 0.15) is 58.3 Å². The van der Waals surface area contributed by atoms with Crippen molar-refractivity contribution in [1.29, 1.82) is 0 Å². The van der Waals surface area contributed by atoms with E-state index in [1.807, 2.05) is 0 Å². The van der Waals surface area contributed by atoms with E-state index in [1.54, 1.807) is 0 Å². The van der Waals surface area contributed by atoms with Crippen LogP contribution in [0.4, 0.5) is 0 Å². The molecule has 3 nitrogen and oxygen atoms in total. The second kappa shape index (κ2) is 14.8. The first-order valence-corrected chi connectivity index (χ1v) is 7.64. The van der Waals surface area contributed by atoms with E-state index in [4.69, 9.17) is 21.1 Å². The lowest BCUT2D eigenvalue weighted by atomic mass is 10.1. The number of halogens is 1. The van der Waals surface area contributed by atoms with Crippen molar-refractivity contribution in [3.8, 4) is 0 Å². The summed E-state index contributed by atoms with van der Waals surface area (Å²) in [6, 6.07) is 0. The second-order valence-corrected chi connectivity index (χ2v) is 4.77. The number of hydrogen-bond donors (Lipinski definition) is 0. The lowest BCUT2D eigenvalue weighted by Gasteiger charge is -2.05. The third-order valence-corrected chi connectivity index (χ3v) is 2.85. The molecule has 0 atom stereocenters. The van der Waals surface area contributed by atoms with Gasteiger partial charge in [0.2, 0.25) is 0 Å². The molecule has 0 aromatic rings. The molecule has 0 heterocycles. The van der Waals surface area contributed by atoms with Crippen molar-refractivity contribution in [1.82, 2.24) is 0 Å². The van der Waals surface area contributed by atoms with Gasteiger partial charge in [-0.05, 0) is 6.42 Å². The number of ether oxygens (including phenoxy) is 2. The molecule has 18 heavy (non-hydrogen) atoms. The highest BCUT2D eigenvalue weighted by Crippen LogP contribution is 2.08. The van der Waals surface area contributed by atoms with Crippen LogP contribution in [0.5, 0.6) is 0 Å². The molecule has 0 aliphatic heterocycles. The highest BCUT2D eigenvalue weighted by Gasteiger charge is 2.02. The smallest absolute Gasteiger partial charge is 0.305 e. The Kier molecular flexibility index (Phi) is 14.5. The first-order valence-electron chi connectivity index (χ1n) is 7.10. The largest absolute Gasteiger partial charge is 0.463 e. The van der Waals surface area contributed by atoms with E-state index in [2.05, 4.69) is 6.92 Å². The van der Waals surface area contributed by atoms with Gasteiger partial charge in [0.25, 0.3) is 0 Å². The third kappa shape index (κ3) is 13.8. The van der Waals surface area contributed by atoms with Gasteiger partial charge < -0.3 is 9.47 Å². The van der Waals surface area contributed by atoms with Gasteiger partial charge >= 0.3 is 5.97 Å². The summed E-state index contributed by atoms with van der Waals surface area (Å²) < 4.78 is 10.1. The number of carbonyl (C=O) groups is 1. The Bertz CT molecular complexity index is 186. The summed E-state index contributed by atoms with van der Waals surface area (Å²) in [5.41, 5.74) is 0. The van der Waals surface area contributed by atoms with E-state index in [1.165, 1.54) is 32.1 Å². The lowest BCUT2D eigenvalue weighted by Crippen LogP contribution is -2.11. The van der Waals surface area contributed by atoms with Crippen molar-refractivity contribution in [2.24, 2.45) is 0 Å². The quantitative estimate of drug-likeness (QED) is 0.291. The van der Waals surface area contributed by atoms with Crippen LogP contribution in [-0.2, 0) is 14.3 Å². The molecule has 0 rings (SSSR count). The van der Waals surface area contributed by atoms with Crippen LogP contribution < -0.4 is 0 Å². The standard InChI is InChI=1S/C14H27ClO3/c1-2-3-4-5-6-7-8-9-14(16)18-13-12-17-11-10-15/h2-13H2,1H3. The molecule has 0 fully saturated rings. The summed E-state index contributed by atoms with van der Waals surface area (Å²) >= 11 is 5.44. The molecule has 0 aromatic heterocycles. The molecular formula is C14H27ClO3. The number of rotatable bonds is 13. The predicted molar refractivity (Wildman–Crippen MR) is 75.1 cm³/mol. The van der Waals surface area contributed by atoms with Crippen molar-refractivity contribution < 1.29 is 14.3 Å². The minimum Gasteiger partial charge on any atom is -0.463 e. The van der Waals surface area contributed by atoms with E-state index in [9.17, 15) is 4.79 Å². The molecule has 0 spiro atoms. The van der Waals surface area contributed by atoms with Gasteiger partial charge in [0.1, 0.15) is 6.61 Å². The lowest BCUT2D eigenvalue weighted by molar-refractivity contribution is -0.145. The van der Waals surface area contributed by atoms with Crippen LogP contribution >= 0.6 is 11.6 Å². The maximum Gasteiger partial charge on any atom is 0.305 e. The van der Waals surface area contributed by atoms with Gasteiger partial charge in [0.15, 0.2) is 0 Å². The first kappa shape index (κ1) is 17.7. The Morgan fingerprint density at radius 1 is 0.944 bits per heavy atom. The molecular weight excluding hydrogens is 252 g/mol. The SMILES string of the molecule is CCCCCCCCCC(=O)OCCOCCCl. The van der Waals surface area contributed by atoms with Crippen molar-refractivity contribution >= 4 is 17.6 Å². The molecule has 4 heteroatoms. The molecule has 0 N–H and O–H groups in total. The monoisotopic (exact) mass is 278 g/mol. The van der Waals surface area contributed by atoms with Gasteiger partial charge in [-0.2, -0.15) is 0 Å². The number of esters is 1. The Hall–Kier alpha value is -0.280. The maximum absolute atomic E-state index is 11.3. The van der Waals surface area contributed by atoms with Gasteiger partial charge in [-0.15, -0.1) is 11.6 Å². The summed E-state index contributed by atoms with van der Waals surface area (Å²) in [6.45, 7) is 3.51. The summed E-state index contributed by atoms with van der Waals surface area (Å²) in [4.78, 5) is 11.3. The fraction of sp³-hybridized carbons (Fsp3) is 0.929. The molecule has 0 saturated carbocycles. The van der Waals surface area contributed by atoms with E-state index in [-0.39, 0.29) is 5.97 Å². The predicted octanol–water partition coefficient (Wildman–Crippen LogP) is 3.93. The fourth-order valence-electron chi connectivity index (χ4n) is 1.67. The molecule has 0 aliphatic rings. The molecule has 0 aromatic carbocycles. The Morgan fingerprint density at radius 3 is 2.28 bits per heavy atom. The zero-order valence-corrected chi connectivity index (χ0v) is 12.3. The van der Waals surface area contributed by atoms with E-state index in [0.29, 0.717) is 32.1 Å². The summed E-state index contributed by atoms with van der Waals surface area (Å²) in [7, 11) is 0. The van der Waals surface area contributed by atoms with Crippen LogP contribution in [0.25, 0.3) is 0 Å². The zero-order chi connectivity index (χ0) is 13.5. The highest BCUT2D eigenvalue weighted by atomic mass is 35.5.